The summed E-state index contributed by atoms with van der Waals surface area (Å²) in [5.74, 6) is -0.313. The first-order valence-corrected chi connectivity index (χ1v) is 6.95. The topological polar surface area (TPSA) is 43.4 Å². The number of unbranched alkanes of at least 4 members (excludes halogenated alkanes) is 2. The third-order valence-corrected chi connectivity index (χ3v) is 3.53. The van der Waals surface area contributed by atoms with Crippen LogP contribution >= 0.6 is 0 Å². The standard InChI is InChI=1S/C16H20O3/c1-3-4-5-6-14(17)15-10-12-8-7-11(2)9-13(12)16(18)19-15/h7-9,15H,3-6,10H2,1-2H3. The summed E-state index contributed by atoms with van der Waals surface area (Å²) in [4.78, 5) is 23.9. The maximum atomic E-state index is 12.0. The monoisotopic (exact) mass is 260 g/mol. The molecule has 0 fully saturated rings. The number of ether oxygens (including phenoxy) is 1. The number of esters is 1. The van der Waals surface area contributed by atoms with Gasteiger partial charge in [0.2, 0.25) is 0 Å². The number of ketones is 1. The van der Waals surface area contributed by atoms with Crippen molar-refractivity contribution in [2.45, 2.75) is 52.1 Å². The Morgan fingerprint density at radius 1 is 1.37 bits per heavy atom. The molecular formula is C16H20O3. The fourth-order valence-corrected chi connectivity index (χ4v) is 2.38. The van der Waals surface area contributed by atoms with Gasteiger partial charge in [-0.1, -0.05) is 37.5 Å². The van der Waals surface area contributed by atoms with Crippen molar-refractivity contribution in [2.75, 3.05) is 0 Å². The number of aryl methyl sites for hydroxylation is 1. The van der Waals surface area contributed by atoms with Crippen LogP contribution < -0.4 is 0 Å². The smallest absolute Gasteiger partial charge is 0.339 e. The Kier molecular flexibility index (Phi) is 4.35. The summed E-state index contributed by atoms with van der Waals surface area (Å²) >= 11 is 0. The largest absolute Gasteiger partial charge is 0.450 e. The molecule has 3 nitrogen and oxygen atoms in total. The molecule has 0 N–H and O–H groups in total. The van der Waals surface area contributed by atoms with Crippen molar-refractivity contribution in [2.24, 2.45) is 0 Å². The number of carbonyl (C=O) groups excluding carboxylic acids is 2. The van der Waals surface area contributed by atoms with E-state index < -0.39 is 6.10 Å². The molecule has 0 saturated heterocycles. The van der Waals surface area contributed by atoms with Gasteiger partial charge in [0.15, 0.2) is 11.9 Å². The van der Waals surface area contributed by atoms with Gasteiger partial charge in [0.05, 0.1) is 5.56 Å². The molecule has 0 amide bonds. The molecule has 0 spiro atoms. The van der Waals surface area contributed by atoms with Crippen molar-refractivity contribution in [1.82, 2.24) is 0 Å². The lowest BCUT2D eigenvalue weighted by Gasteiger charge is -2.24. The second-order valence-electron chi connectivity index (χ2n) is 5.18. The van der Waals surface area contributed by atoms with Crippen LogP contribution in [0.2, 0.25) is 0 Å². The van der Waals surface area contributed by atoms with Crippen LogP contribution in [-0.4, -0.2) is 17.9 Å². The van der Waals surface area contributed by atoms with E-state index in [9.17, 15) is 9.59 Å². The number of benzene rings is 1. The first-order chi connectivity index (χ1) is 9.11. The van der Waals surface area contributed by atoms with Gasteiger partial charge in [0.25, 0.3) is 0 Å². The SMILES string of the molecule is CCCCCC(=O)C1Cc2ccc(C)cc2C(=O)O1. The van der Waals surface area contributed by atoms with Gasteiger partial charge < -0.3 is 4.74 Å². The van der Waals surface area contributed by atoms with E-state index in [1.165, 1.54) is 0 Å². The Labute approximate surface area is 114 Å². The predicted molar refractivity (Wildman–Crippen MR) is 73.2 cm³/mol. The average molecular weight is 260 g/mol. The molecule has 1 aliphatic heterocycles. The summed E-state index contributed by atoms with van der Waals surface area (Å²) in [6.45, 7) is 4.04. The molecule has 1 unspecified atom stereocenters. The highest BCUT2D eigenvalue weighted by Crippen LogP contribution is 2.23. The van der Waals surface area contributed by atoms with E-state index in [2.05, 4.69) is 6.92 Å². The highest BCUT2D eigenvalue weighted by Gasteiger charge is 2.30. The maximum absolute atomic E-state index is 12.0. The van der Waals surface area contributed by atoms with E-state index in [0.717, 1.165) is 30.4 Å². The van der Waals surface area contributed by atoms with Gasteiger partial charge in [-0.3, -0.25) is 4.79 Å². The van der Waals surface area contributed by atoms with Crippen molar-refractivity contribution in [3.8, 4) is 0 Å². The molecule has 0 aromatic heterocycles. The van der Waals surface area contributed by atoms with Gasteiger partial charge in [0.1, 0.15) is 0 Å². The molecule has 3 heteroatoms. The second-order valence-corrected chi connectivity index (χ2v) is 5.18. The first-order valence-electron chi connectivity index (χ1n) is 6.95. The molecule has 1 heterocycles. The van der Waals surface area contributed by atoms with Gasteiger partial charge in [-0.05, 0) is 25.0 Å². The van der Waals surface area contributed by atoms with Crippen LogP contribution in [0.1, 0.15) is 54.1 Å². The molecule has 0 aliphatic carbocycles. The molecular weight excluding hydrogens is 240 g/mol. The number of rotatable bonds is 5. The van der Waals surface area contributed by atoms with Crippen molar-refractivity contribution < 1.29 is 14.3 Å². The lowest BCUT2D eigenvalue weighted by molar-refractivity contribution is -0.128. The normalized spacial score (nSPS) is 17.8. The van der Waals surface area contributed by atoms with Crippen molar-refractivity contribution in [3.63, 3.8) is 0 Å². The Hall–Kier alpha value is -1.64. The highest BCUT2D eigenvalue weighted by molar-refractivity contribution is 5.96. The van der Waals surface area contributed by atoms with Gasteiger partial charge in [-0.25, -0.2) is 4.79 Å². The van der Waals surface area contributed by atoms with Crippen molar-refractivity contribution in [1.29, 1.82) is 0 Å². The molecule has 19 heavy (non-hydrogen) atoms. The fraction of sp³-hybridized carbons (Fsp3) is 0.500. The van der Waals surface area contributed by atoms with Crippen LogP contribution in [0.3, 0.4) is 0 Å². The van der Waals surface area contributed by atoms with Crippen LogP contribution in [0.4, 0.5) is 0 Å². The lowest BCUT2D eigenvalue weighted by Crippen LogP contribution is -2.34. The minimum Gasteiger partial charge on any atom is -0.450 e. The minimum atomic E-state index is -0.584. The number of Topliss-reactive ketones (excluding diaryl/α,β-unsaturated/α-hetero) is 1. The average Bonchev–Trinajstić information content (AvgIpc) is 2.39. The number of fused-ring (bicyclic) bond motifs is 1. The summed E-state index contributed by atoms with van der Waals surface area (Å²) in [5.41, 5.74) is 2.57. The molecule has 102 valence electrons. The molecule has 0 bridgehead atoms. The summed E-state index contributed by atoms with van der Waals surface area (Å²) < 4.78 is 5.27. The lowest BCUT2D eigenvalue weighted by atomic mass is 9.94. The van der Waals surface area contributed by atoms with Gasteiger partial charge in [-0.15, -0.1) is 0 Å². The van der Waals surface area contributed by atoms with Crippen LogP contribution in [0.5, 0.6) is 0 Å². The zero-order chi connectivity index (χ0) is 13.8. The molecule has 1 atom stereocenters. The first kappa shape index (κ1) is 13.8. The van der Waals surface area contributed by atoms with Crippen LogP contribution in [0.15, 0.2) is 18.2 Å². The minimum absolute atomic E-state index is 0.0491. The summed E-state index contributed by atoms with van der Waals surface area (Å²) in [6, 6.07) is 5.73. The molecule has 1 aromatic rings. The maximum Gasteiger partial charge on any atom is 0.339 e. The third-order valence-electron chi connectivity index (χ3n) is 3.53. The van der Waals surface area contributed by atoms with Crippen LogP contribution in [-0.2, 0) is 16.0 Å². The van der Waals surface area contributed by atoms with E-state index in [1.807, 2.05) is 25.1 Å². The number of hydrogen-bond acceptors (Lipinski definition) is 3. The summed E-state index contributed by atoms with van der Waals surface area (Å²) in [5, 5.41) is 0. The van der Waals surface area contributed by atoms with E-state index in [0.29, 0.717) is 18.4 Å². The third kappa shape index (κ3) is 3.22. The summed E-state index contributed by atoms with van der Waals surface area (Å²) in [6.07, 6.45) is 3.45. The van der Waals surface area contributed by atoms with Crippen molar-refractivity contribution in [3.05, 3.63) is 34.9 Å². The van der Waals surface area contributed by atoms with E-state index >= 15 is 0 Å². The van der Waals surface area contributed by atoms with E-state index in [-0.39, 0.29) is 11.8 Å². The number of cyclic esters (lactones) is 1. The molecule has 0 radical (unpaired) electrons. The van der Waals surface area contributed by atoms with Gasteiger partial charge in [-0.2, -0.15) is 0 Å². The van der Waals surface area contributed by atoms with Crippen LogP contribution in [0.25, 0.3) is 0 Å². The Bertz CT molecular complexity index is 491. The highest BCUT2D eigenvalue weighted by atomic mass is 16.5. The zero-order valence-corrected chi connectivity index (χ0v) is 11.6. The second kappa shape index (κ2) is 6.00. The molecule has 2 rings (SSSR count). The summed E-state index contributed by atoms with van der Waals surface area (Å²) in [7, 11) is 0. The molecule has 1 aromatic carbocycles. The van der Waals surface area contributed by atoms with Gasteiger partial charge >= 0.3 is 5.97 Å². The number of carbonyl (C=O) groups is 2. The van der Waals surface area contributed by atoms with Crippen molar-refractivity contribution >= 4 is 11.8 Å². The predicted octanol–water partition coefficient (Wildman–Crippen LogP) is 3.23. The Morgan fingerprint density at radius 3 is 2.89 bits per heavy atom. The Balaban J connectivity index is 2.06. The van der Waals surface area contributed by atoms with Crippen LogP contribution in [0, 0.1) is 6.92 Å². The fourth-order valence-electron chi connectivity index (χ4n) is 2.38. The zero-order valence-electron chi connectivity index (χ0n) is 11.6. The number of hydrogen-bond donors (Lipinski definition) is 0. The van der Waals surface area contributed by atoms with Gasteiger partial charge in [0, 0.05) is 12.8 Å². The molecule has 1 aliphatic rings. The Morgan fingerprint density at radius 2 is 2.16 bits per heavy atom. The quantitative estimate of drug-likeness (QED) is 0.603. The van der Waals surface area contributed by atoms with E-state index in [4.69, 9.17) is 4.74 Å². The molecule has 0 saturated carbocycles. The van der Waals surface area contributed by atoms with E-state index in [1.54, 1.807) is 0 Å².